The van der Waals surface area contributed by atoms with E-state index in [0.717, 1.165) is 12.0 Å². The van der Waals surface area contributed by atoms with Crippen molar-refractivity contribution in [2.45, 2.75) is 24.8 Å². The zero-order chi connectivity index (χ0) is 13.5. The number of fused-ring (bicyclic) bond motifs is 3. The Hall–Kier alpha value is -2.09. The lowest BCUT2D eigenvalue weighted by atomic mass is 9.92. The molecule has 0 saturated heterocycles. The molecule has 2 nitrogen and oxygen atoms in total. The summed E-state index contributed by atoms with van der Waals surface area (Å²) in [6, 6.07) is 18.5. The number of nitrogens with one attached hydrogen (secondary N) is 1. The summed E-state index contributed by atoms with van der Waals surface area (Å²) in [7, 11) is 0. The fourth-order valence-electron chi connectivity index (χ4n) is 3.59. The molecule has 0 radical (unpaired) electrons. The molecule has 0 heterocycles. The molecule has 2 aromatic rings. The molecule has 3 atom stereocenters. The van der Waals surface area contributed by atoms with Crippen LogP contribution in [0.3, 0.4) is 0 Å². The third-order valence-electron chi connectivity index (χ3n) is 4.66. The van der Waals surface area contributed by atoms with Crippen molar-refractivity contribution in [2.75, 3.05) is 0 Å². The van der Waals surface area contributed by atoms with E-state index in [2.05, 4.69) is 29.6 Å². The molecule has 0 spiro atoms. The molecule has 1 amide bonds. The highest BCUT2D eigenvalue weighted by atomic mass is 16.1. The van der Waals surface area contributed by atoms with Gasteiger partial charge in [0.05, 0.1) is 0 Å². The zero-order valence-corrected chi connectivity index (χ0v) is 11.3. The number of carbonyl (C=O) groups is 1. The first-order chi connectivity index (χ1) is 9.84. The molecule has 20 heavy (non-hydrogen) atoms. The maximum atomic E-state index is 12.2. The van der Waals surface area contributed by atoms with Crippen LogP contribution in [-0.2, 0) is 6.42 Å². The topological polar surface area (TPSA) is 29.1 Å². The van der Waals surface area contributed by atoms with Crippen molar-refractivity contribution in [1.29, 1.82) is 0 Å². The van der Waals surface area contributed by atoms with Crippen molar-refractivity contribution in [2.24, 2.45) is 5.92 Å². The molecule has 100 valence electrons. The highest BCUT2D eigenvalue weighted by molar-refractivity contribution is 5.94. The molecule has 2 aromatic carbocycles. The lowest BCUT2D eigenvalue weighted by Gasteiger charge is -2.13. The van der Waals surface area contributed by atoms with Crippen molar-refractivity contribution in [3.05, 3.63) is 71.3 Å². The Morgan fingerprint density at radius 1 is 1.00 bits per heavy atom. The normalized spacial score (nSPS) is 26.3. The summed E-state index contributed by atoms with van der Waals surface area (Å²) in [4.78, 5) is 12.2. The maximum Gasteiger partial charge on any atom is 0.251 e. The first-order valence-electron chi connectivity index (χ1n) is 7.28. The van der Waals surface area contributed by atoms with Crippen molar-refractivity contribution in [3.8, 4) is 0 Å². The van der Waals surface area contributed by atoms with E-state index >= 15 is 0 Å². The minimum absolute atomic E-state index is 0.0579. The SMILES string of the molecule is O=C(NC1C2CCc3ccccc3C21)c1ccccc1. The van der Waals surface area contributed by atoms with Gasteiger partial charge in [0.2, 0.25) is 0 Å². The van der Waals surface area contributed by atoms with Gasteiger partial charge in [0.15, 0.2) is 0 Å². The molecular formula is C18H17NO. The van der Waals surface area contributed by atoms with Gasteiger partial charge in [-0.05, 0) is 42.0 Å². The van der Waals surface area contributed by atoms with Gasteiger partial charge in [-0.1, -0.05) is 42.5 Å². The van der Waals surface area contributed by atoms with Gasteiger partial charge in [-0.15, -0.1) is 0 Å². The van der Waals surface area contributed by atoms with Crippen LogP contribution >= 0.6 is 0 Å². The Morgan fingerprint density at radius 2 is 1.75 bits per heavy atom. The number of aryl methyl sites for hydroxylation is 1. The molecule has 0 aliphatic heterocycles. The summed E-state index contributed by atoms with van der Waals surface area (Å²) in [5.41, 5.74) is 3.66. The Morgan fingerprint density at radius 3 is 2.60 bits per heavy atom. The van der Waals surface area contributed by atoms with Crippen molar-refractivity contribution >= 4 is 5.91 Å². The highest BCUT2D eigenvalue weighted by Crippen LogP contribution is 2.54. The Balaban J connectivity index is 1.52. The molecule has 1 fully saturated rings. The van der Waals surface area contributed by atoms with Crippen LogP contribution in [0.1, 0.15) is 33.8 Å². The minimum Gasteiger partial charge on any atom is -0.348 e. The maximum absolute atomic E-state index is 12.2. The molecular weight excluding hydrogens is 246 g/mol. The van der Waals surface area contributed by atoms with E-state index in [9.17, 15) is 4.79 Å². The third kappa shape index (κ3) is 1.83. The van der Waals surface area contributed by atoms with Gasteiger partial charge < -0.3 is 5.32 Å². The summed E-state index contributed by atoms with van der Waals surface area (Å²) in [6.07, 6.45) is 2.34. The van der Waals surface area contributed by atoms with Crippen LogP contribution in [0, 0.1) is 5.92 Å². The van der Waals surface area contributed by atoms with Crippen LogP contribution in [0.5, 0.6) is 0 Å². The van der Waals surface area contributed by atoms with Gasteiger partial charge in [0, 0.05) is 17.5 Å². The number of carbonyl (C=O) groups excluding carboxylic acids is 1. The van der Waals surface area contributed by atoms with Gasteiger partial charge in [0.25, 0.3) is 5.91 Å². The molecule has 1 N–H and O–H groups in total. The number of hydrogen-bond acceptors (Lipinski definition) is 1. The number of amides is 1. The average molecular weight is 263 g/mol. The van der Waals surface area contributed by atoms with E-state index < -0.39 is 0 Å². The second-order valence-electron chi connectivity index (χ2n) is 5.79. The van der Waals surface area contributed by atoms with Crippen molar-refractivity contribution < 1.29 is 4.79 Å². The molecule has 2 aliphatic rings. The zero-order valence-electron chi connectivity index (χ0n) is 11.3. The van der Waals surface area contributed by atoms with Crippen LogP contribution in [0.25, 0.3) is 0 Å². The molecule has 2 aliphatic carbocycles. The number of benzene rings is 2. The second kappa shape index (κ2) is 4.48. The van der Waals surface area contributed by atoms with E-state index in [-0.39, 0.29) is 5.91 Å². The summed E-state index contributed by atoms with van der Waals surface area (Å²) in [6.45, 7) is 0. The van der Waals surface area contributed by atoms with Gasteiger partial charge >= 0.3 is 0 Å². The van der Waals surface area contributed by atoms with Gasteiger partial charge in [-0.2, -0.15) is 0 Å². The fraction of sp³-hybridized carbons (Fsp3) is 0.278. The monoisotopic (exact) mass is 263 g/mol. The van der Waals surface area contributed by atoms with Crippen molar-refractivity contribution in [1.82, 2.24) is 5.32 Å². The molecule has 4 rings (SSSR count). The van der Waals surface area contributed by atoms with E-state index in [1.807, 2.05) is 30.3 Å². The second-order valence-corrected chi connectivity index (χ2v) is 5.79. The summed E-state index contributed by atoms with van der Waals surface area (Å²) >= 11 is 0. The lowest BCUT2D eigenvalue weighted by Crippen LogP contribution is -2.27. The predicted octanol–water partition coefficient (Wildman–Crippen LogP) is 3.14. The highest BCUT2D eigenvalue weighted by Gasteiger charge is 2.53. The van der Waals surface area contributed by atoms with E-state index in [1.54, 1.807) is 0 Å². The number of hydrogen-bond donors (Lipinski definition) is 1. The summed E-state index contributed by atoms with van der Waals surface area (Å²) in [5, 5.41) is 3.21. The van der Waals surface area contributed by atoms with Crippen LogP contribution in [0.15, 0.2) is 54.6 Å². The largest absolute Gasteiger partial charge is 0.348 e. The fourth-order valence-corrected chi connectivity index (χ4v) is 3.59. The molecule has 0 aromatic heterocycles. The average Bonchev–Trinajstić information content (AvgIpc) is 3.22. The van der Waals surface area contributed by atoms with E-state index in [4.69, 9.17) is 0 Å². The molecule has 1 saturated carbocycles. The van der Waals surface area contributed by atoms with Crippen molar-refractivity contribution in [3.63, 3.8) is 0 Å². The standard InChI is InChI=1S/C18H17NO/c20-18(13-7-2-1-3-8-13)19-17-15-11-10-12-6-4-5-9-14(12)16(15)17/h1-9,15-17H,10-11H2,(H,19,20). The van der Waals surface area contributed by atoms with Crippen LogP contribution in [0.4, 0.5) is 0 Å². The first kappa shape index (κ1) is 11.7. The van der Waals surface area contributed by atoms with Crippen LogP contribution < -0.4 is 5.32 Å². The molecule has 3 unspecified atom stereocenters. The van der Waals surface area contributed by atoms with Crippen LogP contribution in [0.2, 0.25) is 0 Å². The third-order valence-corrected chi connectivity index (χ3v) is 4.66. The van der Waals surface area contributed by atoms with Gasteiger partial charge in [-0.25, -0.2) is 0 Å². The van der Waals surface area contributed by atoms with E-state index in [0.29, 0.717) is 17.9 Å². The van der Waals surface area contributed by atoms with E-state index in [1.165, 1.54) is 17.5 Å². The van der Waals surface area contributed by atoms with Crippen LogP contribution in [-0.4, -0.2) is 11.9 Å². The Bertz CT molecular complexity index is 649. The quantitative estimate of drug-likeness (QED) is 0.886. The molecule has 0 bridgehead atoms. The Labute approximate surface area is 118 Å². The van der Waals surface area contributed by atoms with Gasteiger partial charge in [-0.3, -0.25) is 4.79 Å². The summed E-state index contributed by atoms with van der Waals surface area (Å²) in [5.74, 6) is 1.23. The minimum atomic E-state index is 0.0579. The van der Waals surface area contributed by atoms with Gasteiger partial charge in [0.1, 0.15) is 0 Å². The summed E-state index contributed by atoms with van der Waals surface area (Å²) < 4.78 is 0. The first-order valence-corrected chi connectivity index (χ1v) is 7.28. The molecule has 2 heteroatoms. The predicted molar refractivity (Wildman–Crippen MR) is 78.7 cm³/mol. The Kier molecular flexibility index (Phi) is 2.62. The number of rotatable bonds is 2. The smallest absolute Gasteiger partial charge is 0.251 e. The lowest BCUT2D eigenvalue weighted by molar-refractivity contribution is 0.0948.